The fraction of sp³-hybridized carbons (Fsp3) is 0.235. The SMILES string of the molecule is CCCNS(=O)(=O)c1ccc(C(=O)N(C)c2ccccc2)cc1. The normalized spacial score (nSPS) is 11.2. The van der Waals surface area contributed by atoms with Crippen molar-refractivity contribution in [2.24, 2.45) is 0 Å². The standard InChI is InChI=1S/C17H20N2O3S/c1-3-13-18-23(21,22)16-11-9-14(10-12-16)17(20)19(2)15-7-5-4-6-8-15/h4-12,18H,3,13H2,1-2H3. The van der Waals surface area contributed by atoms with E-state index in [-0.39, 0.29) is 10.8 Å². The fourth-order valence-corrected chi connectivity index (χ4v) is 3.19. The maximum Gasteiger partial charge on any atom is 0.258 e. The van der Waals surface area contributed by atoms with Crippen LogP contribution in [0.4, 0.5) is 5.69 Å². The van der Waals surface area contributed by atoms with Gasteiger partial charge in [0.1, 0.15) is 0 Å². The van der Waals surface area contributed by atoms with E-state index >= 15 is 0 Å². The van der Waals surface area contributed by atoms with Crippen molar-refractivity contribution >= 4 is 21.6 Å². The predicted octanol–water partition coefficient (Wildman–Crippen LogP) is 2.65. The lowest BCUT2D eigenvalue weighted by atomic mass is 10.2. The summed E-state index contributed by atoms with van der Waals surface area (Å²) in [5.74, 6) is -0.193. The van der Waals surface area contributed by atoms with Crippen molar-refractivity contribution in [3.05, 3.63) is 60.2 Å². The molecule has 6 heteroatoms. The Morgan fingerprint density at radius 1 is 1.04 bits per heavy atom. The third-order valence-electron chi connectivity index (χ3n) is 3.40. The molecule has 0 spiro atoms. The smallest absolute Gasteiger partial charge is 0.258 e. The Morgan fingerprint density at radius 3 is 2.22 bits per heavy atom. The Labute approximate surface area is 137 Å². The molecule has 0 radical (unpaired) electrons. The van der Waals surface area contributed by atoms with Crippen molar-refractivity contribution in [2.45, 2.75) is 18.2 Å². The van der Waals surface area contributed by atoms with E-state index in [1.54, 1.807) is 7.05 Å². The number of nitrogens with one attached hydrogen (secondary N) is 1. The highest BCUT2D eigenvalue weighted by molar-refractivity contribution is 7.89. The number of hydrogen-bond acceptors (Lipinski definition) is 3. The largest absolute Gasteiger partial charge is 0.311 e. The summed E-state index contributed by atoms with van der Waals surface area (Å²) in [6.07, 6.45) is 0.720. The zero-order valence-electron chi connectivity index (χ0n) is 13.2. The maximum atomic E-state index is 12.4. The van der Waals surface area contributed by atoms with E-state index in [1.807, 2.05) is 37.3 Å². The molecule has 0 bridgehead atoms. The number of benzene rings is 2. The second kappa shape index (κ2) is 7.39. The second-order valence-corrected chi connectivity index (χ2v) is 6.89. The van der Waals surface area contributed by atoms with Crippen LogP contribution in [0.2, 0.25) is 0 Å². The number of para-hydroxylation sites is 1. The van der Waals surface area contributed by atoms with Gasteiger partial charge in [-0.25, -0.2) is 13.1 Å². The van der Waals surface area contributed by atoms with Crippen LogP contribution in [-0.4, -0.2) is 27.9 Å². The molecule has 23 heavy (non-hydrogen) atoms. The molecule has 0 atom stereocenters. The molecular weight excluding hydrogens is 312 g/mol. The summed E-state index contributed by atoms with van der Waals surface area (Å²) >= 11 is 0. The van der Waals surface area contributed by atoms with Crippen LogP contribution in [0.1, 0.15) is 23.7 Å². The molecular formula is C17H20N2O3S. The predicted molar refractivity (Wildman–Crippen MR) is 91.1 cm³/mol. The summed E-state index contributed by atoms with van der Waals surface area (Å²) in [6.45, 7) is 2.28. The maximum absolute atomic E-state index is 12.4. The Balaban J connectivity index is 2.18. The third-order valence-corrected chi connectivity index (χ3v) is 4.88. The molecule has 0 aliphatic heterocycles. The van der Waals surface area contributed by atoms with Crippen molar-refractivity contribution in [3.8, 4) is 0 Å². The summed E-state index contributed by atoms with van der Waals surface area (Å²) in [7, 11) is -1.83. The highest BCUT2D eigenvalue weighted by atomic mass is 32.2. The molecule has 2 aromatic carbocycles. The van der Waals surface area contributed by atoms with Gasteiger partial charge in [0.2, 0.25) is 10.0 Å². The van der Waals surface area contributed by atoms with Crippen LogP contribution in [0.5, 0.6) is 0 Å². The number of amides is 1. The van der Waals surface area contributed by atoms with Crippen LogP contribution in [0.25, 0.3) is 0 Å². The lowest BCUT2D eigenvalue weighted by Crippen LogP contribution is -2.27. The van der Waals surface area contributed by atoms with Gasteiger partial charge in [0.05, 0.1) is 4.90 Å². The molecule has 0 heterocycles. The molecule has 0 aliphatic carbocycles. The van der Waals surface area contributed by atoms with E-state index in [0.717, 1.165) is 12.1 Å². The number of carbonyl (C=O) groups excluding carboxylic acids is 1. The van der Waals surface area contributed by atoms with E-state index in [1.165, 1.54) is 29.2 Å². The van der Waals surface area contributed by atoms with Crippen LogP contribution in [0, 0.1) is 0 Å². The van der Waals surface area contributed by atoms with Crippen molar-refractivity contribution in [1.29, 1.82) is 0 Å². The molecule has 0 fully saturated rings. The van der Waals surface area contributed by atoms with E-state index in [9.17, 15) is 13.2 Å². The van der Waals surface area contributed by atoms with Gasteiger partial charge in [-0.2, -0.15) is 0 Å². The average Bonchev–Trinajstić information content (AvgIpc) is 2.59. The van der Waals surface area contributed by atoms with Gasteiger partial charge >= 0.3 is 0 Å². The summed E-state index contributed by atoms with van der Waals surface area (Å²) in [4.78, 5) is 14.1. The van der Waals surface area contributed by atoms with Crippen molar-refractivity contribution < 1.29 is 13.2 Å². The highest BCUT2D eigenvalue weighted by Crippen LogP contribution is 2.16. The van der Waals surface area contributed by atoms with Crippen LogP contribution in [0.15, 0.2) is 59.5 Å². The number of hydrogen-bond donors (Lipinski definition) is 1. The van der Waals surface area contributed by atoms with Crippen LogP contribution < -0.4 is 9.62 Å². The Kier molecular flexibility index (Phi) is 5.52. The monoisotopic (exact) mass is 332 g/mol. The van der Waals surface area contributed by atoms with Gasteiger partial charge in [-0.3, -0.25) is 4.79 Å². The van der Waals surface area contributed by atoms with E-state index in [2.05, 4.69) is 4.72 Å². The summed E-state index contributed by atoms with van der Waals surface area (Å²) in [6, 6.07) is 15.2. The molecule has 1 amide bonds. The molecule has 2 aromatic rings. The topological polar surface area (TPSA) is 66.5 Å². The highest BCUT2D eigenvalue weighted by Gasteiger charge is 2.16. The number of anilines is 1. The average molecular weight is 332 g/mol. The molecule has 0 aromatic heterocycles. The van der Waals surface area contributed by atoms with Gasteiger partial charge < -0.3 is 4.90 Å². The van der Waals surface area contributed by atoms with Gasteiger partial charge in [0, 0.05) is 24.8 Å². The number of carbonyl (C=O) groups is 1. The van der Waals surface area contributed by atoms with E-state index < -0.39 is 10.0 Å². The van der Waals surface area contributed by atoms with Crippen LogP contribution in [-0.2, 0) is 10.0 Å². The zero-order valence-corrected chi connectivity index (χ0v) is 14.0. The third kappa shape index (κ3) is 4.18. The molecule has 0 saturated carbocycles. The summed E-state index contributed by atoms with van der Waals surface area (Å²) in [5, 5.41) is 0. The number of sulfonamides is 1. The minimum atomic E-state index is -3.51. The lowest BCUT2D eigenvalue weighted by Gasteiger charge is -2.17. The van der Waals surface area contributed by atoms with E-state index in [4.69, 9.17) is 0 Å². The first-order valence-corrected chi connectivity index (χ1v) is 8.87. The van der Waals surface area contributed by atoms with Gasteiger partial charge in [-0.1, -0.05) is 25.1 Å². The van der Waals surface area contributed by atoms with Crippen molar-refractivity contribution in [3.63, 3.8) is 0 Å². The first-order chi connectivity index (χ1) is 11.0. The molecule has 0 saturated heterocycles. The van der Waals surface area contributed by atoms with Gasteiger partial charge in [-0.05, 0) is 42.8 Å². The number of nitrogens with zero attached hydrogens (tertiary/aromatic N) is 1. The lowest BCUT2D eigenvalue weighted by molar-refractivity contribution is 0.0993. The first kappa shape index (κ1) is 17.2. The number of rotatable bonds is 6. The fourth-order valence-electron chi connectivity index (χ4n) is 2.06. The van der Waals surface area contributed by atoms with Gasteiger partial charge in [-0.15, -0.1) is 0 Å². The first-order valence-electron chi connectivity index (χ1n) is 7.38. The minimum Gasteiger partial charge on any atom is -0.311 e. The van der Waals surface area contributed by atoms with Gasteiger partial charge in [0.25, 0.3) is 5.91 Å². The van der Waals surface area contributed by atoms with Crippen LogP contribution in [0.3, 0.4) is 0 Å². The minimum absolute atomic E-state index is 0.157. The zero-order chi connectivity index (χ0) is 16.9. The van der Waals surface area contributed by atoms with Crippen LogP contribution >= 0.6 is 0 Å². The van der Waals surface area contributed by atoms with Crippen molar-refractivity contribution in [2.75, 3.05) is 18.5 Å². The van der Waals surface area contributed by atoms with Gasteiger partial charge in [0.15, 0.2) is 0 Å². The van der Waals surface area contributed by atoms with E-state index in [0.29, 0.717) is 12.1 Å². The molecule has 0 aliphatic rings. The molecule has 1 N–H and O–H groups in total. The summed E-state index contributed by atoms with van der Waals surface area (Å²) in [5.41, 5.74) is 1.21. The quantitative estimate of drug-likeness (QED) is 0.884. The molecule has 2 rings (SSSR count). The summed E-state index contributed by atoms with van der Waals surface area (Å²) < 4.78 is 26.5. The molecule has 0 unspecified atom stereocenters. The Hall–Kier alpha value is -2.18. The molecule has 5 nitrogen and oxygen atoms in total. The Bertz CT molecular complexity index is 756. The van der Waals surface area contributed by atoms with Crippen molar-refractivity contribution in [1.82, 2.24) is 4.72 Å². The Morgan fingerprint density at radius 2 is 1.65 bits per heavy atom. The second-order valence-electron chi connectivity index (χ2n) is 5.12. The molecule has 122 valence electrons.